The summed E-state index contributed by atoms with van der Waals surface area (Å²) in [6.07, 6.45) is 3.39. The number of aliphatic imine (C=N–C) groups is 1. The quantitative estimate of drug-likeness (QED) is 0.762. The average Bonchev–Trinajstić information content (AvgIpc) is 2.78. The van der Waals surface area contributed by atoms with Gasteiger partial charge in [-0.25, -0.2) is 4.79 Å². The highest BCUT2D eigenvalue weighted by atomic mass is 16.5. The van der Waals surface area contributed by atoms with Crippen molar-refractivity contribution in [2.45, 2.75) is 44.2 Å². The van der Waals surface area contributed by atoms with Crippen LogP contribution in [0.5, 0.6) is 11.5 Å². The van der Waals surface area contributed by atoms with Crippen molar-refractivity contribution in [3.63, 3.8) is 0 Å². The van der Waals surface area contributed by atoms with Gasteiger partial charge in [-0.05, 0) is 56.0 Å². The van der Waals surface area contributed by atoms with Crippen LogP contribution in [0.25, 0.3) is 0 Å². The first kappa shape index (κ1) is 20.3. The van der Waals surface area contributed by atoms with Crippen molar-refractivity contribution in [1.82, 2.24) is 4.98 Å². The maximum atomic E-state index is 11.8. The van der Waals surface area contributed by atoms with Crippen molar-refractivity contribution in [2.24, 2.45) is 4.99 Å². The van der Waals surface area contributed by atoms with Crippen LogP contribution in [0.3, 0.4) is 0 Å². The highest BCUT2D eigenvalue weighted by molar-refractivity contribution is 6.14. The standard InChI is InChI=1S/C23H26N2O5/c1-4-30-21-10-15-16-9-14(26)6-8-18(16)25-22(17(15)11-20(21)28-2)19-7-5-13(12-24-19)23(27)29-3/h5,7,10-12,14,16,18,26H,4,6,8-9H2,1-3H3/t14-,16-,18-/m1/s1. The summed E-state index contributed by atoms with van der Waals surface area (Å²) in [6.45, 7) is 2.47. The summed E-state index contributed by atoms with van der Waals surface area (Å²) >= 11 is 0. The van der Waals surface area contributed by atoms with Crippen LogP contribution in [0, 0.1) is 0 Å². The molecule has 3 atom stereocenters. The topological polar surface area (TPSA) is 90.2 Å². The zero-order valence-electron chi connectivity index (χ0n) is 17.4. The average molecular weight is 410 g/mol. The number of aliphatic hydroxyl groups is 1. The van der Waals surface area contributed by atoms with Crippen LogP contribution < -0.4 is 9.47 Å². The number of rotatable bonds is 5. The van der Waals surface area contributed by atoms with Gasteiger partial charge in [0.2, 0.25) is 0 Å². The van der Waals surface area contributed by atoms with Crippen LogP contribution >= 0.6 is 0 Å². The van der Waals surface area contributed by atoms with E-state index in [4.69, 9.17) is 19.2 Å². The first-order valence-corrected chi connectivity index (χ1v) is 10.2. The zero-order chi connectivity index (χ0) is 21.3. The van der Waals surface area contributed by atoms with Crippen molar-refractivity contribution >= 4 is 11.7 Å². The van der Waals surface area contributed by atoms with E-state index in [-0.39, 0.29) is 18.1 Å². The molecule has 0 bridgehead atoms. The number of aromatic nitrogens is 1. The summed E-state index contributed by atoms with van der Waals surface area (Å²) in [6, 6.07) is 7.51. The molecular weight excluding hydrogens is 384 g/mol. The molecule has 1 aromatic heterocycles. The fourth-order valence-electron chi connectivity index (χ4n) is 4.35. The molecule has 7 heteroatoms. The van der Waals surface area contributed by atoms with Gasteiger partial charge in [-0.1, -0.05) is 0 Å². The lowest BCUT2D eigenvalue weighted by molar-refractivity contribution is 0.0600. The molecule has 2 aromatic rings. The van der Waals surface area contributed by atoms with Gasteiger partial charge in [0.25, 0.3) is 0 Å². The summed E-state index contributed by atoms with van der Waals surface area (Å²) < 4.78 is 16.1. The number of pyridine rings is 1. The van der Waals surface area contributed by atoms with Gasteiger partial charge in [0.05, 0.1) is 49.9 Å². The van der Waals surface area contributed by atoms with Gasteiger partial charge in [0, 0.05) is 17.7 Å². The largest absolute Gasteiger partial charge is 0.493 e. The van der Waals surface area contributed by atoms with Crippen LogP contribution in [0.1, 0.15) is 59.3 Å². The lowest BCUT2D eigenvalue weighted by Crippen LogP contribution is -2.34. The Morgan fingerprint density at radius 1 is 1.20 bits per heavy atom. The van der Waals surface area contributed by atoms with E-state index in [1.165, 1.54) is 13.3 Å². The molecular formula is C23H26N2O5. The minimum absolute atomic E-state index is 0.0702. The summed E-state index contributed by atoms with van der Waals surface area (Å²) in [7, 11) is 2.96. The molecule has 0 saturated heterocycles. The molecule has 1 fully saturated rings. The predicted molar refractivity (Wildman–Crippen MR) is 112 cm³/mol. The molecule has 0 unspecified atom stereocenters. The van der Waals surface area contributed by atoms with Gasteiger partial charge in [-0.3, -0.25) is 9.98 Å². The molecule has 4 rings (SSSR count). The van der Waals surface area contributed by atoms with Crippen molar-refractivity contribution in [3.8, 4) is 11.5 Å². The van der Waals surface area contributed by atoms with E-state index < -0.39 is 5.97 Å². The SMILES string of the molecule is CCOc1cc2c(cc1OC)C(c1ccc(C(=O)OC)cn1)=N[C@@H]1CC[C@@H](O)C[C@H]21. The summed E-state index contributed by atoms with van der Waals surface area (Å²) in [5.41, 5.74) is 3.84. The third-order valence-electron chi connectivity index (χ3n) is 5.80. The van der Waals surface area contributed by atoms with Gasteiger partial charge in [0.15, 0.2) is 11.5 Å². The molecule has 7 nitrogen and oxygen atoms in total. The number of benzene rings is 1. The predicted octanol–water partition coefficient (Wildman–Crippen LogP) is 3.12. The Hall–Kier alpha value is -2.93. The molecule has 1 saturated carbocycles. The summed E-state index contributed by atoms with van der Waals surface area (Å²) in [5.74, 6) is 1.01. The fourth-order valence-corrected chi connectivity index (χ4v) is 4.35. The van der Waals surface area contributed by atoms with Gasteiger partial charge in [-0.2, -0.15) is 0 Å². The number of fused-ring (bicyclic) bond motifs is 3. The number of carbonyl (C=O) groups excluding carboxylic acids is 1. The second-order valence-electron chi connectivity index (χ2n) is 7.57. The highest BCUT2D eigenvalue weighted by Crippen LogP contribution is 2.44. The second-order valence-corrected chi connectivity index (χ2v) is 7.57. The van der Waals surface area contributed by atoms with E-state index in [2.05, 4.69) is 4.98 Å². The minimum atomic E-state index is -0.426. The molecule has 0 spiro atoms. The Balaban J connectivity index is 1.83. The molecule has 30 heavy (non-hydrogen) atoms. The maximum Gasteiger partial charge on any atom is 0.339 e. The van der Waals surface area contributed by atoms with Gasteiger partial charge in [-0.15, -0.1) is 0 Å². The van der Waals surface area contributed by atoms with Crippen LogP contribution in [0.4, 0.5) is 0 Å². The molecule has 1 aromatic carbocycles. The van der Waals surface area contributed by atoms with E-state index in [0.717, 1.165) is 29.7 Å². The molecule has 0 radical (unpaired) electrons. The number of nitrogens with zero attached hydrogens (tertiary/aromatic N) is 2. The Bertz CT molecular complexity index is 970. The molecule has 1 aliphatic carbocycles. The second kappa shape index (κ2) is 8.44. The molecule has 1 N–H and O–H groups in total. The lowest BCUT2D eigenvalue weighted by Gasteiger charge is -2.37. The normalized spacial score (nSPS) is 22.4. The molecule has 0 amide bonds. The third-order valence-corrected chi connectivity index (χ3v) is 5.80. The van der Waals surface area contributed by atoms with Crippen molar-refractivity contribution < 1.29 is 24.1 Å². The minimum Gasteiger partial charge on any atom is -0.493 e. The third kappa shape index (κ3) is 3.65. The zero-order valence-corrected chi connectivity index (χ0v) is 17.4. The molecule has 2 aliphatic rings. The number of aliphatic hydroxyl groups excluding tert-OH is 1. The number of esters is 1. The smallest absolute Gasteiger partial charge is 0.339 e. The lowest BCUT2D eigenvalue weighted by atomic mass is 9.74. The van der Waals surface area contributed by atoms with Gasteiger partial charge >= 0.3 is 5.97 Å². The van der Waals surface area contributed by atoms with Crippen LogP contribution in [-0.4, -0.2) is 54.7 Å². The molecule has 1 aliphatic heterocycles. The van der Waals surface area contributed by atoms with Crippen LogP contribution in [0.15, 0.2) is 35.5 Å². The Morgan fingerprint density at radius 2 is 2.03 bits per heavy atom. The maximum absolute atomic E-state index is 11.8. The number of methoxy groups -OCH3 is 2. The molecule has 2 heterocycles. The Morgan fingerprint density at radius 3 is 2.70 bits per heavy atom. The van der Waals surface area contributed by atoms with Crippen LogP contribution in [-0.2, 0) is 4.74 Å². The fraction of sp³-hybridized carbons (Fsp3) is 0.435. The first-order chi connectivity index (χ1) is 14.5. The van der Waals surface area contributed by atoms with E-state index in [9.17, 15) is 9.90 Å². The van der Waals surface area contributed by atoms with Crippen molar-refractivity contribution in [1.29, 1.82) is 0 Å². The highest BCUT2D eigenvalue weighted by Gasteiger charge is 2.37. The number of ether oxygens (including phenoxy) is 3. The summed E-state index contributed by atoms with van der Waals surface area (Å²) in [4.78, 5) is 21.3. The first-order valence-electron chi connectivity index (χ1n) is 10.2. The van der Waals surface area contributed by atoms with Gasteiger partial charge in [0.1, 0.15) is 0 Å². The number of hydrogen-bond donors (Lipinski definition) is 1. The Kier molecular flexibility index (Phi) is 5.72. The van der Waals surface area contributed by atoms with Crippen molar-refractivity contribution in [3.05, 3.63) is 52.8 Å². The van der Waals surface area contributed by atoms with Crippen LogP contribution in [0.2, 0.25) is 0 Å². The van der Waals surface area contributed by atoms with E-state index >= 15 is 0 Å². The number of hydrogen-bond acceptors (Lipinski definition) is 7. The van der Waals surface area contributed by atoms with E-state index in [0.29, 0.717) is 35.8 Å². The Labute approximate surface area is 175 Å². The van der Waals surface area contributed by atoms with E-state index in [1.807, 2.05) is 19.1 Å². The van der Waals surface area contributed by atoms with E-state index in [1.54, 1.807) is 19.2 Å². The van der Waals surface area contributed by atoms with Gasteiger partial charge < -0.3 is 19.3 Å². The summed E-state index contributed by atoms with van der Waals surface area (Å²) in [5, 5.41) is 10.3. The monoisotopic (exact) mass is 410 g/mol. The number of carbonyl (C=O) groups is 1. The molecule has 158 valence electrons. The van der Waals surface area contributed by atoms with Crippen molar-refractivity contribution in [2.75, 3.05) is 20.8 Å².